The predicted octanol–water partition coefficient (Wildman–Crippen LogP) is 3.89. The highest BCUT2D eigenvalue weighted by Crippen LogP contribution is 2.33. The molecule has 0 spiro atoms. The number of benzene rings is 2. The fourth-order valence-corrected chi connectivity index (χ4v) is 2.82. The van der Waals surface area contributed by atoms with E-state index in [1.54, 1.807) is 12.1 Å². The van der Waals surface area contributed by atoms with Gasteiger partial charge in [0.25, 0.3) is 5.91 Å². The van der Waals surface area contributed by atoms with Gasteiger partial charge in [-0.05, 0) is 42.5 Å². The van der Waals surface area contributed by atoms with Gasteiger partial charge in [0.2, 0.25) is 0 Å². The van der Waals surface area contributed by atoms with E-state index in [-0.39, 0.29) is 5.91 Å². The Morgan fingerprint density at radius 1 is 0.960 bits per heavy atom. The summed E-state index contributed by atoms with van der Waals surface area (Å²) in [6.45, 7) is 1.14. The van der Waals surface area contributed by atoms with Gasteiger partial charge in [-0.1, -0.05) is 12.1 Å². The van der Waals surface area contributed by atoms with Crippen molar-refractivity contribution in [2.24, 2.45) is 0 Å². The third-order valence-electron chi connectivity index (χ3n) is 4.02. The maximum absolute atomic E-state index is 12.7. The summed E-state index contributed by atoms with van der Waals surface area (Å²) in [6, 6.07) is 17.0. The van der Waals surface area contributed by atoms with E-state index in [1.165, 1.54) is 0 Å². The van der Waals surface area contributed by atoms with Gasteiger partial charge < -0.3 is 19.4 Å². The molecule has 2 heterocycles. The van der Waals surface area contributed by atoms with Gasteiger partial charge in [-0.25, -0.2) is 0 Å². The van der Waals surface area contributed by atoms with E-state index in [4.69, 9.17) is 9.47 Å². The van der Waals surface area contributed by atoms with Crippen molar-refractivity contribution in [3.05, 3.63) is 72.6 Å². The molecule has 25 heavy (non-hydrogen) atoms. The highest BCUT2D eigenvalue weighted by Gasteiger charge is 2.19. The van der Waals surface area contributed by atoms with Gasteiger partial charge in [0, 0.05) is 30.2 Å². The normalized spacial score (nSPS) is 13.1. The van der Waals surface area contributed by atoms with Crippen molar-refractivity contribution in [2.75, 3.05) is 18.5 Å². The Labute approximate surface area is 145 Å². The first-order valence-electron chi connectivity index (χ1n) is 8.25. The van der Waals surface area contributed by atoms with Gasteiger partial charge >= 0.3 is 0 Å². The molecule has 4 rings (SSSR count). The van der Waals surface area contributed by atoms with Crippen LogP contribution in [0.25, 0.3) is 5.69 Å². The number of amides is 1. The molecular weight excluding hydrogens is 316 g/mol. The number of hydrogen-bond donors (Lipinski definition) is 1. The van der Waals surface area contributed by atoms with Crippen LogP contribution >= 0.6 is 0 Å². The molecule has 1 N–H and O–H groups in total. The number of nitrogens with zero attached hydrogens (tertiary/aromatic N) is 1. The van der Waals surface area contributed by atoms with E-state index in [0.717, 1.165) is 17.8 Å². The maximum Gasteiger partial charge on any atom is 0.259 e. The third-order valence-corrected chi connectivity index (χ3v) is 4.02. The van der Waals surface area contributed by atoms with Crippen LogP contribution in [0.4, 0.5) is 5.69 Å². The molecule has 2 aromatic carbocycles. The molecule has 5 heteroatoms. The van der Waals surface area contributed by atoms with Crippen LogP contribution in [0.15, 0.2) is 67.0 Å². The molecule has 0 fully saturated rings. The molecule has 1 aliphatic heterocycles. The average molecular weight is 334 g/mol. The molecule has 0 unspecified atom stereocenters. The van der Waals surface area contributed by atoms with E-state index >= 15 is 0 Å². The SMILES string of the molecule is O=C(Nc1cccc(-n2cccc2)c1)c1cccc2c1OCCCO2. The molecule has 1 aromatic heterocycles. The number of carbonyl (C=O) groups is 1. The van der Waals surface area contributed by atoms with Crippen LogP contribution in [0.5, 0.6) is 11.5 Å². The second-order valence-corrected chi connectivity index (χ2v) is 5.78. The summed E-state index contributed by atoms with van der Waals surface area (Å²) in [5.74, 6) is 0.914. The largest absolute Gasteiger partial charge is 0.490 e. The molecule has 0 atom stereocenters. The topological polar surface area (TPSA) is 52.5 Å². The Hall–Kier alpha value is -3.21. The number of nitrogens with one attached hydrogen (secondary N) is 1. The van der Waals surface area contributed by atoms with E-state index in [0.29, 0.717) is 30.3 Å². The van der Waals surface area contributed by atoms with Crippen LogP contribution in [0.1, 0.15) is 16.8 Å². The smallest absolute Gasteiger partial charge is 0.259 e. The van der Waals surface area contributed by atoms with Gasteiger partial charge in [-0.2, -0.15) is 0 Å². The van der Waals surface area contributed by atoms with Crippen LogP contribution in [-0.4, -0.2) is 23.7 Å². The number of fused-ring (bicyclic) bond motifs is 1. The van der Waals surface area contributed by atoms with Gasteiger partial charge in [-0.15, -0.1) is 0 Å². The van der Waals surface area contributed by atoms with Gasteiger partial charge in [0.15, 0.2) is 11.5 Å². The molecule has 126 valence electrons. The van der Waals surface area contributed by atoms with Crippen LogP contribution in [0, 0.1) is 0 Å². The number of carbonyl (C=O) groups excluding carboxylic acids is 1. The molecule has 0 bridgehead atoms. The number of hydrogen-bond acceptors (Lipinski definition) is 3. The second kappa shape index (κ2) is 6.73. The van der Waals surface area contributed by atoms with Crippen LogP contribution in [0.3, 0.4) is 0 Å². The van der Waals surface area contributed by atoms with Crippen LogP contribution in [0.2, 0.25) is 0 Å². The van der Waals surface area contributed by atoms with Crippen molar-refractivity contribution in [1.29, 1.82) is 0 Å². The van der Waals surface area contributed by atoms with Gasteiger partial charge in [0.1, 0.15) is 0 Å². The first kappa shape index (κ1) is 15.3. The highest BCUT2D eigenvalue weighted by molar-refractivity contribution is 6.06. The van der Waals surface area contributed by atoms with E-state index in [2.05, 4.69) is 5.32 Å². The maximum atomic E-state index is 12.7. The fourth-order valence-electron chi connectivity index (χ4n) is 2.82. The molecule has 3 aromatic rings. The number of ether oxygens (including phenoxy) is 2. The number of aromatic nitrogens is 1. The summed E-state index contributed by atoms with van der Waals surface area (Å²) in [4.78, 5) is 12.7. The Kier molecular flexibility index (Phi) is 4.12. The average Bonchev–Trinajstić information content (AvgIpc) is 3.07. The van der Waals surface area contributed by atoms with E-state index < -0.39 is 0 Å². The molecular formula is C20H18N2O3. The zero-order valence-corrected chi connectivity index (χ0v) is 13.6. The van der Waals surface area contributed by atoms with Crippen LogP contribution < -0.4 is 14.8 Å². The van der Waals surface area contributed by atoms with Crippen molar-refractivity contribution >= 4 is 11.6 Å². The van der Waals surface area contributed by atoms with Crippen molar-refractivity contribution in [3.8, 4) is 17.2 Å². The Balaban J connectivity index is 1.60. The molecule has 0 radical (unpaired) electrons. The van der Waals surface area contributed by atoms with Gasteiger partial charge in [0.05, 0.1) is 18.8 Å². The fraction of sp³-hybridized carbons (Fsp3) is 0.150. The number of anilines is 1. The highest BCUT2D eigenvalue weighted by atomic mass is 16.5. The molecule has 0 saturated carbocycles. The minimum Gasteiger partial charge on any atom is -0.490 e. The molecule has 1 aliphatic rings. The Morgan fingerprint density at radius 2 is 1.76 bits per heavy atom. The second-order valence-electron chi connectivity index (χ2n) is 5.78. The summed E-state index contributed by atoms with van der Waals surface area (Å²) in [6.07, 6.45) is 4.72. The first-order chi connectivity index (χ1) is 12.3. The quantitative estimate of drug-likeness (QED) is 0.790. The Bertz CT molecular complexity index is 888. The lowest BCUT2D eigenvalue weighted by atomic mass is 10.1. The van der Waals surface area contributed by atoms with E-state index in [1.807, 2.05) is 59.4 Å². The first-order valence-corrected chi connectivity index (χ1v) is 8.25. The number of rotatable bonds is 3. The summed E-state index contributed by atoms with van der Waals surface area (Å²) >= 11 is 0. The predicted molar refractivity (Wildman–Crippen MR) is 95.8 cm³/mol. The summed E-state index contributed by atoms with van der Waals surface area (Å²) < 4.78 is 13.4. The molecule has 1 amide bonds. The summed E-state index contributed by atoms with van der Waals surface area (Å²) in [7, 11) is 0. The summed E-state index contributed by atoms with van der Waals surface area (Å²) in [5, 5.41) is 2.94. The van der Waals surface area contributed by atoms with Crippen molar-refractivity contribution in [3.63, 3.8) is 0 Å². The van der Waals surface area contributed by atoms with Crippen LogP contribution in [-0.2, 0) is 0 Å². The van der Waals surface area contributed by atoms with Crippen molar-refractivity contribution in [1.82, 2.24) is 4.57 Å². The lowest BCUT2D eigenvalue weighted by Crippen LogP contribution is -2.14. The number of para-hydroxylation sites is 1. The van der Waals surface area contributed by atoms with E-state index in [9.17, 15) is 4.79 Å². The van der Waals surface area contributed by atoms with Crippen molar-refractivity contribution < 1.29 is 14.3 Å². The lowest BCUT2D eigenvalue weighted by Gasteiger charge is -2.13. The van der Waals surface area contributed by atoms with Crippen molar-refractivity contribution in [2.45, 2.75) is 6.42 Å². The standard InChI is InChI=1S/C20H18N2O3/c23-20(17-8-4-9-18-19(17)25-13-5-12-24-18)21-15-6-3-7-16(14-15)22-10-1-2-11-22/h1-4,6-11,14H,5,12-13H2,(H,21,23). The molecule has 0 saturated heterocycles. The minimum atomic E-state index is -0.216. The lowest BCUT2D eigenvalue weighted by molar-refractivity contribution is 0.102. The summed E-state index contributed by atoms with van der Waals surface area (Å²) in [5.41, 5.74) is 2.18. The minimum absolute atomic E-state index is 0.216. The third kappa shape index (κ3) is 3.21. The monoisotopic (exact) mass is 334 g/mol. The molecule has 5 nitrogen and oxygen atoms in total. The Morgan fingerprint density at radius 3 is 2.64 bits per heavy atom. The molecule has 0 aliphatic carbocycles. The zero-order valence-electron chi connectivity index (χ0n) is 13.6. The van der Waals surface area contributed by atoms with Gasteiger partial charge in [-0.3, -0.25) is 4.79 Å². The zero-order chi connectivity index (χ0) is 17.1.